The lowest BCUT2D eigenvalue weighted by Crippen LogP contribution is -2.39. The summed E-state index contributed by atoms with van der Waals surface area (Å²) in [6.45, 7) is 0.751. The SMILES string of the molecule is CN(C)C1CS(=O)(=O)C2CN(C(=O)c3cc(-c4cccs4)nn3C)CC12. The fraction of sp³-hybridized carbons (Fsp3) is 0.529. The van der Waals surface area contributed by atoms with E-state index in [0.29, 0.717) is 12.2 Å². The smallest absolute Gasteiger partial charge is 0.272 e. The van der Waals surface area contributed by atoms with Crippen molar-refractivity contribution in [3.63, 3.8) is 0 Å². The minimum Gasteiger partial charge on any atom is -0.336 e. The minimum absolute atomic E-state index is 0.0241. The van der Waals surface area contributed by atoms with Crippen LogP contribution in [0.25, 0.3) is 10.6 Å². The van der Waals surface area contributed by atoms with Gasteiger partial charge in [0.1, 0.15) is 11.4 Å². The van der Waals surface area contributed by atoms with Gasteiger partial charge in [-0.25, -0.2) is 8.42 Å². The van der Waals surface area contributed by atoms with E-state index in [2.05, 4.69) is 5.10 Å². The Morgan fingerprint density at radius 1 is 1.35 bits per heavy atom. The van der Waals surface area contributed by atoms with Gasteiger partial charge >= 0.3 is 0 Å². The fourth-order valence-corrected chi connectivity index (χ4v) is 7.26. The molecule has 4 rings (SSSR count). The van der Waals surface area contributed by atoms with Crippen molar-refractivity contribution in [2.75, 3.05) is 32.9 Å². The lowest BCUT2D eigenvalue weighted by Gasteiger charge is -2.25. The molecule has 1 amide bonds. The lowest BCUT2D eigenvalue weighted by atomic mass is 10.00. The van der Waals surface area contributed by atoms with Crippen molar-refractivity contribution in [1.82, 2.24) is 19.6 Å². The molecule has 0 bridgehead atoms. The molecule has 2 fully saturated rings. The van der Waals surface area contributed by atoms with E-state index in [4.69, 9.17) is 0 Å². The van der Waals surface area contributed by atoms with E-state index in [9.17, 15) is 13.2 Å². The first-order valence-corrected chi connectivity index (χ1v) is 11.1. The summed E-state index contributed by atoms with van der Waals surface area (Å²) < 4.78 is 26.6. The topological polar surface area (TPSA) is 75.5 Å². The van der Waals surface area contributed by atoms with Crippen LogP contribution in [0.4, 0.5) is 0 Å². The van der Waals surface area contributed by atoms with Crippen molar-refractivity contribution in [3.05, 3.63) is 29.3 Å². The molecule has 0 aromatic carbocycles. The number of sulfone groups is 1. The lowest BCUT2D eigenvalue weighted by molar-refractivity contribution is 0.0768. The third-order valence-electron chi connectivity index (χ3n) is 5.49. The molecule has 4 heterocycles. The van der Waals surface area contributed by atoms with E-state index < -0.39 is 15.1 Å². The highest BCUT2D eigenvalue weighted by atomic mass is 32.2. The number of fused-ring (bicyclic) bond motifs is 1. The number of aromatic nitrogens is 2. The molecule has 7 nitrogen and oxygen atoms in total. The van der Waals surface area contributed by atoms with Gasteiger partial charge in [-0.15, -0.1) is 11.3 Å². The number of hydrogen-bond acceptors (Lipinski definition) is 6. The summed E-state index contributed by atoms with van der Waals surface area (Å²) in [5, 5.41) is 5.96. The van der Waals surface area contributed by atoms with Crippen LogP contribution in [0.2, 0.25) is 0 Å². The van der Waals surface area contributed by atoms with Gasteiger partial charge in [0.05, 0.1) is 15.9 Å². The molecule has 140 valence electrons. The highest BCUT2D eigenvalue weighted by Crippen LogP contribution is 2.36. The van der Waals surface area contributed by atoms with Crippen molar-refractivity contribution in [2.24, 2.45) is 13.0 Å². The Kier molecular flexibility index (Phi) is 4.20. The Balaban J connectivity index is 1.59. The molecule has 3 atom stereocenters. The number of aryl methyl sites for hydroxylation is 1. The monoisotopic (exact) mass is 394 g/mol. The van der Waals surface area contributed by atoms with Gasteiger partial charge in [0.2, 0.25) is 0 Å². The van der Waals surface area contributed by atoms with E-state index >= 15 is 0 Å². The Hall–Kier alpha value is -1.71. The minimum atomic E-state index is -3.16. The molecule has 2 aliphatic rings. The predicted octanol–water partition coefficient (Wildman–Crippen LogP) is 0.948. The van der Waals surface area contributed by atoms with Crippen LogP contribution in [0.3, 0.4) is 0 Å². The highest BCUT2D eigenvalue weighted by Gasteiger charge is 2.53. The molecule has 26 heavy (non-hydrogen) atoms. The predicted molar refractivity (Wildman–Crippen MR) is 101 cm³/mol. The molecule has 3 unspecified atom stereocenters. The van der Waals surface area contributed by atoms with Gasteiger partial charge in [-0.05, 0) is 31.6 Å². The van der Waals surface area contributed by atoms with Crippen molar-refractivity contribution in [3.8, 4) is 10.6 Å². The molecular formula is C17H22N4O3S2. The van der Waals surface area contributed by atoms with E-state index in [1.807, 2.05) is 36.5 Å². The van der Waals surface area contributed by atoms with Gasteiger partial charge < -0.3 is 9.80 Å². The number of carbonyl (C=O) groups excluding carboxylic acids is 1. The van der Waals surface area contributed by atoms with Crippen LogP contribution in [0.1, 0.15) is 10.5 Å². The zero-order chi connectivity index (χ0) is 18.6. The molecule has 9 heteroatoms. The highest BCUT2D eigenvalue weighted by molar-refractivity contribution is 7.92. The van der Waals surface area contributed by atoms with Crippen LogP contribution in [0.5, 0.6) is 0 Å². The van der Waals surface area contributed by atoms with Crippen LogP contribution < -0.4 is 0 Å². The Morgan fingerprint density at radius 3 is 2.77 bits per heavy atom. The van der Waals surface area contributed by atoms with Crippen molar-refractivity contribution < 1.29 is 13.2 Å². The summed E-state index contributed by atoms with van der Waals surface area (Å²) >= 11 is 1.57. The molecule has 0 radical (unpaired) electrons. The molecule has 2 aliphatic heterocycles. The van der Waals surface area contributed by atoms with Crippen molar-refractivity contribution in [1.29, 1.82) is 0 Å². The fourth-order valence-electron chi connectivity index (χ4n) is 4.11. The van der Waals surface area contributed by atoms with Gasteiger partial charge in [-0.2, -0.15) is 5.10 Å². The van der Waals surface area contributed by atoms with Crippen LogP contribution in [0, 0.1) is 5.92 Å². The second-order valence-electron chi connectivity index (χ2n) is 7.29. The summed E-state index contributed by atoms with van der Waals surface area (Å²) in [7, 11) is 2.40. The maximum absolute atomic E-state index is 13.0. The average molecular weight is 395 g/mol. The Labute approximate surface area is 157 Å². The molecule has 2 aromatic heterocycles. The van der Waals surface area contributed by atoms with E-state index in [0.717, 1.165) is 10.6 Å². The molecule has 0 N–H and O–H groups in total. The quantitative estimate of drug-likeness (QED) is 0.775. The average Bonchev–Trinajstić information content (AvgIpc) is 3.31. The summed E-state index contributed by atoms with van der Waals surface area (Å²) in [5.41, 5.74) is 1.26. The second kappa shape index (κ2) is 6.17. The first-order valence-electron chi connectivity index (χ1n) is 8.53. The molecular weight excluding hydrogens is 372 g/mol. The zero-order valence-electron chi connectivity index (χ0n) is 15.0. The molecule has 0 spiro atoms. The van der Waals surface area contributed by atoms with Crippen molar-refractivity contribution >= 4 is 27.1 Å². The van der Waals surface area contributed by atoms with Gasteiger partial charge in [0.15, 0.2) is 9.84 Å². The molecule has 0 aliphatic carbocycles. The summed E-state index contributed by atoms with van der Waals surface area (Å²) in [5.74, 6) is 0.0138. The van der Waals surface area contributed by atoms with Crippen LogP contribution in [-0.2, 0) is 16.9 Å². The third-order valence-corrected chi connectivity index (χ3v) is 8.61. The Bertz CT molecular complexity index is 933. The summed E-state index contributed by atoms with van der Waals surface area (Å²) in [6, 6.07) is 5.68. The number of likely N-dealkylation sites (tertiary alicyclic amines) is 1. The summed E-state index contributed by atoms with van der Waals surface area (Å²) in [6.07, 6.45) is 0. The maximum atomic E-state index is 13.0. The zero-order valence-corrected chi connectivity index (χ0v) is 16.6. The Morgan fingerprint density at radius 2 is 2.12 bits per heavy atom. The van der Waals surface area contributed by atoms with Crippen LogP contribution in [0.15, 0.2) is 23.6 Å². The largest absolute Gasteiger partial charge is 0.336 e. The number of nitrogens with zero attached hydrogens (tertiary/aromatic N) is 4. The first kappa shape index (κ1) is 17.7. The maximum Gasteiger partial charge on any atom is 0.272 e. The number of rotatable bonds is 3. The number of carbonyl (C=O) groups is 1. The number of hydrogen-bond donors (Lipinski definition) is 0. The van der Waals surface area contributed by atoms with E-state index in [1.165, 1.54) is 0 Å². The van der Waals surface area contributed by atoms with Crippen LogP contribution >= 0.6 is 11.3 Å². The van der Waals surface area contributed by atoms with Gasteiger partial charge in [-0.1, -0.05) is 6.07 Å². The van der Waals surface area contributed by atoms with Gasteiger partial charge in [0, 0.05) is 32.1 Å². The van der Waals surface area contributed by atoms with Gasteiger partial charge in [0.25, 0.3) is 5.91 Å². The normalized spacial score (nSPS) is 27.2. The molecule has 2 aromatic rings. The first-order chi connectivity index (χ1) is 12.3. The second-order valence-corrected chi connectivity index (χ2v) is 10.5. The van der Waals surface area contributed by atoms with Crippen LogP contribution in [-0.4, -0.2) is 78.1 Å². The van der Waals surface area contributed by atoms with E-state index in [1.54, 1.807) is 34.0 Å². The van der Waals surface area contributed by atoms with E-state index in [-0.39, 0.29) is 30.2 Å². The number of thiophene rings is 1. The standard InChI is InChI=1S/C17H22N4O3S2/c1-19(2)14-10-26(23,24)16-9-21(8-11(14)16)17(22)13-7-12(18-20(13)3)15-5-4-6-25-15/h4-7,11,14,16H,8-10H2,1-3H3. The van der Waals surface area contributed by atoms with Crippen molar-refractivity contribution in [2.45, 2.75) is 11.3 Å². The third kappa shape index (κ3) is 2.78. The number of amides is 1. The molecule has 2 saturated heterocycles. The summed E-state index contributed by atoms with van der Waals surface area (Å²) in [4.78, 5) is 17.7. The van der Waals surface area contributed by atoms with Gasteiger partial charge in [-0.3, -0.25) is 9.48 Å². The molecule has 0 saturated carbocycles.